The van der Waals surface area contributed by atoms with Gasteiger partial charge in [-0.25, -0.2) is 4.79 Å². The third-order valence-corrected chi connectivity index (χ3v) is 6.29. The monoisotopic (exact) mass is 447 g/mol. The zero-order valence-electron chi connectivity index (χ0n) is 19.1. The Morgan fingerprint density at radius 2 is 1.91 bits per heavy atom. The van der Waals surface area contributed by atoms with Crippen LogP contribution in [0.1, 0.15) is 57.7 Å². The molecule has 1 heterocycles. The van der Waals surface area contributed by atoms with E-state index in [4.69, 9.17) is 9.47 Å². The van der Waals surface area contributed by atoms with Crippen molar-refractivity contribution in [1.82, 2.24) is 15.1 Å². The maximum Gasteiger partial charge on any atom is 0.337 e. The zero-order valence-corrected chi connectivity index (χ0v) is 19.1. The number of amides is 1. The van der Waals surface area contributed by atoms with Gasteiger partial charge in [0, 0.05) is 23.1 Å². The second kappa shape index (κ2) is 9.90. The first-order valence-corrected chi connectivity index (χ1v) is 11.2. The summed E-state index contributed by atoms with van der Waals surface area (Å²) >= 11 is 0. The first kappa shape index (κ1) is 22.6. The van der Waals surface area contributed by atoms with Crippen LogP contribution >= 0.6 is 0 Å². The van der Waals surface area contributed by atoms with Crippen LogP contribution in [0, 0.1) is 5.92 Å². The van der Waals surface area contributed by atoms with Crippen molar-refractivity contribution >= 4 is 28.9 Å². The highest BCUT2D eigenvalue weighted by Crippen LogP contribution is 2.27. The molecule has 3 aromatic rings. The molecule has 1 aliphatic rings. The molecule has 33 heavy (non-hydrogen) atoms. The van der Waals surface area contributed by atoms with E-state index in [1.165, 1.54) is 32.8 Å². The lowest BCUT2D eigenvalue weighted by Gasteiger charge is -2.12. The summed E-state index contributed by atoms with van der Waals surface area (Å²) in [5.74, 6) is 0.645. The minimum absolute atomic E-state index is 0.0725. The topological polar surface area (TPSA) is 82.5 Å². The number of carbonyl (C=O) groups excluding carboxylic acids is 2. The Labute approximate surface area is 193 Å². The molecule has 0 saturated heterocycles. The van der Waals surface area contributed by atoms with Crippen molar-refractivity contribution in [2.45, 2.75) is 32.2 Å². The second-order valence-electron chi connectivity index (χ2n) is 8.36. The average molecular weight is 448 g/mol. The number of benzene rings is 2. The van der Waals surface area contributed by atoms with Crippen LogP contribution < -0.4 is 10.1 Å². The fourth-order valence-corrected chi connectivity index (χ4v) is 4.45. The molecule has 2 aromatic carbocycles. The summed E-state index contributed by atoms with van der Waals surface area (Å²) in [6.07, 6.45) is 6.58. The van der Waals surface area contributed by atoms with Crippen LogP contribution in [0.3, 0.4) is 0 Å². The molecule has 1 aromatic heterocycles. The standard InChI is InChI=1S/C26H29N3O4/c1-4-22-21-12-11-18(25(30)27-15-17-7-5-6-8-17)13-23(21)29(28-22)16-20-10-9-19(26(31)33-3)14-24(20)32-2/h4,9-14,17H,1,5-8,15-16H2,2-3H3,(H,27,30). The number of rotatable bonds is 8. The number of esters is 1. The van der Waals surface area contributed by atoms with Gasteiger partial charge in [0.15, 0.2) is 0 Å². The molecule has 1 aliphatic carbocycles. The molecule has 0 unspecified atom stereocenters. The Bertz CT molecular complexity index is 1190. The Hall–Kier alpha value is -3.61. The summed E-state index contributed by atoms with van der Waals surface area (Å²) in [5, 5.41) is 8.68. The number of fused-ring (bicyclic) bond motifs is 1. The molecule has 172 valence electrons. The summed E-state index contributed by atoms with van der Waals surface area (Å²) in [6.45, 7) is 5.00. The number of aromatic nitrogens is 2. The number of ether oxygens (including phenoxy) is 2. The van der Waals surface area contributed by atoms with E-state index in [0.717, 1.165) is 28.7 Å². The SMILES string of the molecule is C=Cc1nn(Cc2ccc(C(=O)OC)cc2OC)c2cc(C(=O)NCC3CCCC3)ccc12. The molecule has 7 nitrogen and oxygen atoms in total. The lowest BCUT2D eigenvalue weighted by Crippen LogP contribution is -2.28. The molecule has 4 rings (SSSR count). The minimum atomic E-state index is -0.424. The van der Waals surface area contributed by atoms with Crippen molar-refractivity contribution in [3.05, 3.63) is 65.4 Å². The number of hydrogen-bond donors (Lipinski definition) is 1. The average Bonchev–Trinajstić information content (AvgIpc) is 3.49. The highest BCUT2D eigenvalue weighted by molar-refractivity contribution is 5.99. The molecule has 1 fully saturated rings. The number of methoxy groups -OCH3 is 2. The maximum atomic E-state index is 12.8. The van der Waals surface area contributed by atoms with Crippen molar-refractivity contribution in [1.29, 1.82) is 0 Å². The summed E-state index contributed by atoms with van der Waals surface area (Å²) in [6, 6.07) is 10.8. The van der Waals surface area contributed by atoms with Crippen molar-refractivity contribution in [2.75, 3.05) is 20.8 Å². The minimum Gasteiger partial charge on any atom is -0.496 e. The van der Waals surface area contributed by atoms with Crippen LogP contribution in [0.15, 0.2) is 43.0 Å². The van der Waals surface area contributed by atoms with Crippen LogP contribution in [-0.2, 0) is 11.3 Å². The molecule has 1 amide bonds. The van der Waals surface area contributed by atoms with Gasteiger partial charge in [0.1, 0.15) is 5.75 Å². The van der Waals surface area contributed by atoms with Crippen LogP contribution in [0.2, 0.25) is 0 Å². The molecule has 0 spiro atoms. The number of nitrogens with one attached hydrogen (secondary N) is 1. The predicted octanol–water partition coefficient (Wildman–Crippen LogP) is 4.44. The van der Waals surface area contributed by atoms with Gasteiger partial charge in [0.05, 0.1) is 37.5 Å². The molecule has 7 heteroatoms. The van der Waals surface area contributed by atoms with Gasteiger partial charge in [-0.2, -0.15) is 5.10 Å². The van der Waals surface area contributed by atoms with Crippen LogP contribution in [-0.4, -0.2) is 42.4 Å². The Morgan fingerprint density at radius 1 is 1.15 bits per heavy atom. The quantitative estimate of drug-likeness (QED) is 0.516. The molecular formula is C26H29N3O4. The van der Waals surface area contributed by atoms with Crippen molar-refractivity contribution in [2.24, 2.45) is 5.92 Å². The second-order valence-corrected chi connectivity index (χ2v) is 8.36. The van der Waals surface area contributed by atoms with Crippen LogP contribution in [0.5, 0.6) is 5.75 Å². The third kappa shape index (κ3) is 4.77. The highest BCUT2D eigenvalue weighted by Gasteiger charge is 2.18. The zero-order chi connectivity index (χ0) is 23.4. The largest absolute Gasteiger partial charge is 0.496 e. The van der Waals surface area contributed by atoms with Crippen molar-refractivity contribution in [3.8, 4) is 5.75 Å². The lowest BCUT2D eigenvalue weighted by molar-refractivity contribution is 0.0600. The van der Waals surface area contributed by atoms with Gasteiger partial charge in [0.2, 0.25) is 0 Å². The van der Waals surface area contributed by atoms with Gasteiger partial charge in [-0.05, 0) is 55.2 Å². The summed E-state index contributed by atoms with van der Waals surface area (Å²) in [7, 11) is 2.90. The van der Waals surface area contributed by atoms with Gasteiger partial charge < -0.3 is 14.8 Å². The van der Waals surface area contributed by atoms with E-state index in [1.54, 1.807) is 25.3 Å². The van der Waals surface area contributed by atoms with Gasteiger partial charge in [-0.3, -0.25) is 9.48 Å². The van der Waals surface area contributed by atoms with E-state index in [2.05, 4.69) is 17.0 Å². The highest BCUT2D eigenvalue weighted by atomic mass is 16.5. The Kier molecular flexibility index (Phi) is 6.77. The fraction of sp³-hybridized carbons (Fsp3) is 0.346. The van der Waals surface area contributed by atoms with E-state index in [-0.39, 0.29) is 5.91 Å². The first-order valence-electron chi connectivity index (χ1n) is 11.2. The van der Waals surface area contributed by atoms with Crippen LogP contribution in [0.4, 0.5) is 0 Å². The van der Waals surface area contributed by atoms with Crippen molar-refractivity contribution in [3.63, 3.8) is 0 Å². The number of hydrogen-bond acceptors (Lipinski definition) is 5. The lowest BCUT2D eigenvalue weighted by atomic mass is 10.1. The third-order valence-electron chi connectivity index (χ3n) is 6.29. The summed E-state index contributed by atoms with van der Waals surface area (Å²) < 4.78 is 12.1. The smallest absolute Gasteiger partial charge is 0.337 e. The van der Waals surface area contributed by atoms with E-state index < -0.39 is 5.97 Å². The van der Waals surface area contributed by atoms with E-state index in [0.29, 0.717) is 29.3 Å². The molecule has 1 N–H and O–H groups in total. The molecule has 0 radical (unpaired) electrons. The van der Waals surface area contributed by atoms with E-state index >= 15 is 0 Å². The van der Waals surface area contributed by atoms with Gasteiger partial charge in [-0.15, -0.1) is 0 Å². The van der Waals surface area contributed by atoms with Gasteiger partial charge >= 0.3 is 5.97 Å². The molecule has 0 bridgehead atoms. The fourth-order valence-electron chi connectivity index (χ4n) is 4.45. The van der Waals surface area contributed by atoms with E-state index in [9.17, 15) is 9.59 Å². The molecule has 0 atom stereocenters. The summed E-state index contributed by atoms with van der Waals surface area (Å²) in [5.41, 5.74) is 3.44. The van der Waals surface area contributed by atoms with Gasteiger partial charge in [0.25, 0.3) is 5.91 Å². The summed E-state index contributed by atoms with van der Waals surface area (Å²) in [4.78, 5) is 24.7. The Balaban J connectivity index is 1.63. The van der Waals surface area contributed by atoms with E-state index in [1.807, 2.05) is 28.9 Å². The number of carbonyl (C=O) groups is 2. The number of nitrogens with zero attached hydrogens (tertiary/aromatic N) is 2. The Morgan fingerprint density at radius 3 is 2.61 bits per heavy atom. The normalized spacial score (nSPS) is 13.8. The first-order chi connectivity index (χ1) is 16.0. The van der Waals surface area contributed by atoms with Crippen LogP contribution in [0.25, 0.3) is 17.0 Å². The predicted molar refractivity (Wildman–Crippen MR) is 128 cm³/mol. The van der Waals surface area contributed by atoms with Gasteiger partial charge in [-0.1, -0.05) is 25.5 Å². The molecule has 1 saturated carbocycles. The molecule has 0 aliphatic heterocycles. The maximum absolute atomic E-state index is 12.8. The van der Waals surface area contributed by atoms with Crippen molar-refractivity contribution < 1.29 is 19.1 Å². The molecular weight excluding hydrogens is 418 g/mol.